The molecule has 0 saturated heterocycles. The first kappa shape index (κ1) is 53.5. The predicted octanol–water partition coefficient (Wildman–Crippen LogP) is -5.12. The summed E-state index contributed by atoms with van der Waals surface area (Å²) in [6.07, 6.45) is -8.71. The second-order valence-electron chi connectivity index (χ2n) is 13.6. The Kier molecular flexibility index (Phi) is 20.0. The Morgan fingerprint density at radius 3 is 1.54 bits per heavy atom. The minimum absolute atomic E-state index is 0.00238. The van der Waals surface area contributed by atoms with Crippen LogP contribution in [0.15, 0.2) is 62.6 Å². The maximum atomic E-state index is 14.1. The lowest BCUT2D eigenvalue weighted by atomic mass is 10.1. The summed E-state index contributed by atoms with van der Waals surface area (Å²) >= 11 is 18.0. The Labute approximate surface area is 385 Å². The number of nitrogens with one attached hydrogen (secondary N) is 5. The summed E-state index contributed by atoms with van der Waals surface area (Å²) in [7, 11) is 0. The highest BCUT2D eigenvalue weighted by molar-refractivity contribution is 6.66. The number of guanidine groups is 4. The van der Waals surface area contributed by atoms with Crippen molar-refractivity contribution >= 4 is 106 Å². The van der Waals surface area contributed by atoms with Crippen molar-refractivity contribution < 1.29 is 33.9 Å². The van der Waals surface area contributed by atoms with E-state index in [2.05, 4.69) is 45.7 Å². The predicted molar refractivity (Wildman–Crippen MR) is 242 cm³/mol. The summed E-state index contributed by atoms with van der Waals surface area (Å²) < 4.78 is -1.93. The van der Waals surface area contributed by atoms with E-state index in [0.717, 1.165) is 4.90 Å². The second-order valence-corrected chi connectivity index (χ2v) is 15.8. The van der Waals surface area contributed by atoms with Crippen molar-refractivity contribution in [2.24, 2.45) is 77.5 Å². The van der Waals surface area contributed by atoms with Crippen LogP contribution in [-0.2, 0) is 32.6 Å². The molecule has 0 radical (unpaired) electrons. The van der Waals surface area contributed by atoms with Gasteiger partial charge in [0.1, 0.15) is 6.04 Å². The number of benzene rings is 1. The molecule has 24 N–H and O–H groups in total. The van der Waals surface area contributed by atoms with Gasteiger partial charge in [0.25, 0.3) is 36.1 Å². The van der Waals surface area contributed by atoms with Crippen LogP contribution in [0.1, 0.15) is 37.4 Å². The average molecular weight is 970 g/mol. The van der Waals surface area contributed by atoms with Gasteiger partial charge in [-0.3, -0.25) is 28.8 Å². The SMILES string of the molecule is C#[N+]c1cc(C(Cl)(Cl)Cl)cnc1N(CCC(C)C)C(O)C(=O)NC(C(=O)NC(N=C(N)N)C(=O)NC(N=C(N)N)C(=O)NC(N=C(N)N)C(=O)NC(N=C(N)N)C(N)=O)c1ccccc1. The van der Waals surface area contributed by atoms with Gasteiger partial charge in [-0.1, -0.05) is 79.0 Å². The van der Waals surface area contributed by atoms with Crippen LogP contribution in [0.3, 0.4) is 0 Å². The monoisotopic (exact) mass is 968 g/mol. The van der Waals surface area contributed by atoms with E-state index in [0.29, 0.717) is 6.42 Å². The Bertz CT molecular complexity index is 2220. The molecule has 28 nitrogen and oxygen atoms in total. The number of carbonyl (C=O) groups excluding carboxylic acids is 6. The number of nitrogens with two attached hydrogens (primary N) is 9. The molecule has 2 aromatic rings. The number of nitrogens with zero attached hydrogens (tertiary/aromatic N) is 7. The van der Waals surface area contributed by atoms with Gasteiger partial charge in [0.2, 0.25) is 46.4 Å². The largest absolute Gasteiger partial charge is 0.382 e. The number of alkyl halides is 3. The van der Waals surface area contributed by atoms with Crippen LogP contribution in [0.4, 0.5) is 11.5 Å². The summed E-state index contributed by atoms with van der Waals surface area (Å²) in [6, 6.07) is 7.07. The van der Waals surface area contributed by atoms with Gasteiger partial charge < -0.3 is 88.2 Å². The molecule has 352 valence electrons. The molecule has 65 heavy (non-hydrogen) atoms. The van der Waals surface area contributed by atoms with Crippen LogP contribution in [0, 0.1) is 12.5 Å². The smallest absolute Gasteiger partial charge is 0.370 e. The zero-order valence-corrected chi connectivity index (χ0v) is 36.7. The average Bonchev–Trinajstić information content (AvgIpc) is 3.20. The molecule has 6 unspecified atom stereocenters. The number of pyridine rings is 1. The number of amides is 6. The summed E-state index contributed by atoms with van der Waals surface area (Å²) in [6.45, 7) is 9.39. The van der Waals surface area contributed by atoms with E-state index in [1.165, 1.54) is 36.5 Å². The Hall–Kier alpha value is -7.61. The first-order valence-electron chi connectivity index (χ1n) is 18.4. The van der Waals surface area contributed by atoms with E-state index < -0.39 is 100 Å². The van der Waals surface area contributed by atoms with Gasteiger partial charge in [-0.05, 0) is 22.7 Å². The van der Waals surface area contributed by atoms with E-state index in [1.54, 1.807) is 6.07 Å². The Morgan fingerprint density at radius 1 is 0.708 bits per heavy atom. The van der Waals surface area contributed by atoms with Crippen molar-refractivity contribution in [2.45, 2.75) is 61.0 Å². The lowest BCUT2D eigenvalue weighted by Crippen LogP contribution is -2.58. The number of primary amides is 1. The summed E-state index contributed by atoms with van der Waals surface area (Å²) in [5.41, 5.74) is 48.8. The minimum atomic E-state index is -2.16. The fraction of sp³-hybridized carbons (Fsp3) is 0.353. The third-order valence-electron chi connectivity index (χ3n) is 7.99. The third kappa shape index (κ3) is 17.2. The fourth-order valence-corrected chi connectivity index (χ4v) is 5.36. The summed E-state index contributed by atoms with van der Waals surface area (Å²) in [4.78, 5) is 103. The normalized spacial score (nSPS) is 13.6. The van der Waals surface area contributed by atoms with Gasteiger partial charge in [0.15, 0.2) is 23.8 Å². The fourth-order valence-electron chi connectivity index (χ4n) is 5.05. The maximum Gasteiger partial charge on any atom is 0.382 e. The molecule has 0 fully saturated rings. The van der Waals surface area contributed by atoms with Crippen molar-refractivity contribution in [3.63, 3.8) is 0 Å². The highest BCUT2D eigenvalue weighted by atomic mass is 35.6. The minimum Gasteiger partial charge on any atom is -0.370 e. The molecular formula is C34H49Cl3N21O7+. The summed E-state index contributed by atoms with van der Waals surface area (Å²) in [5.74, 6) is -10.7. The van der Waals surface area contributed by atoms with Gasteiger partial charge >= 0.3 is 5.69 Å². The van der Waals surface area contributed by atoms with Crippen LogP contribution < -0.4 is 83.1 Å². The first-order chi connectivity index (χ1) is 30.2. The molecule has 31 heteroatoms. The number of carbonyl (C=O) groups is 6. The number of aliphatic hydroxyl groups is 1. The highest BCUT2D eigenvalue weighted by Crippen LogP contribution is 2.41. The van der Waals surface area contributed by atoms with Crippen molar-refractivity contribution in [3.05, 3.63) is 58.6 Å². The number of aliphatic imine (C=N–C) groups is 4. The molecular weight excluding hydrogens is 921 g/mol. The number of halogens is 3. The number of hydrogen-bond acceptors (Lipinski definition) is 13. The standard InChI is InChI=1S/C34H48Cl3N21O7/c1-13(2)9-10-58(23-16(47-3)11-15(12-48-23)34(35,36)37)29(65)28(64)49-17(14-7-5-4-6-8-14)24(60)51-20(55-31(41)42)26(62)53-22(57-33(45)46)27(63)52-21(56-32(43)44)25(61)50-19(18(38)59)54-30(39)40/h3-8,11-13,17,19-22,29,65H,9-10H2,1-2H3,(H22-,38,39,40,41,42,43,44,45,46,49,50,51,52,53,54,55,56,57,59,60,61,62,63,64)/p+1. The molecule has 0 spiro atoms. The van der Waals surface area contributed by atoms with Gasteiger partial charge in [0.05, 0.1) is 0 Å². The molecule has 0 aliphatic heterocycles. The Balaban J connectivity index is 2.52. The topological polar surface area (TPSA) is 487 Å². The van der Waals surface area contributed by atoms with Crippen molar-refractivity contribution in [2.75, 3.05) is 11.4 Å². The quantitative estimate of drug-likeness (QED) is 0.0241. The van der Waals surface area contributed by atoms with E-state index in [4.69, 9.17) is 93.0 Å². The number of anilines is 1. The molecule has 1 heterocycles. The number of hydrogen-bond donors (Lipinski definition) is 15. The van der Waals surface area contributed by atoms with Crippen LogP contribution >= 0.6 is 34.8 Å². The lowest BCUT2D eigenvalue weighted by Gasteiger charge is -2.30. The number of aromatic nitrogens is 1. The van der Waals surface area contributed by atoms with Crippen molar-refractivity contribution in [1.29, 1.82) is 0 Å². The molecule has 1 aromatic heterocycles. The van der Waals surface area contributed by atoms with Crippen LogP contribution in [-0.4, -0.2) is 107 Å². The van der Waals surface area contributed by atoms with Gasteiger partial charge in [0, 0.05) is 24.4 Å². The molecule has 0 aliphatic carbocycles. The Morgan fingerprint density at radius 2 is 1.14 bits per heavy atom. The van der Waals surface area contributed by atoms with Crippen molar-refractivity contribution in [3.8, 4) is 6.57 Å². The van der Waals surface area contributed by atoms with E-state index in [-0.39, 0.29) is 35.1 Å². The molecule has 6 amide bonds. The maximum absolute atomic E-state index is 14.1. The van der Waals surface area contributed by atoms with Crippen LogP contribution in [0.25, 0.3) is 4.85 Å². The second kappa shape index (κ2) is 24.3. The molecule has 0 aliphatic rings. The van der Waals surface area contributed by atoms with Gasteiger partial charge in [-0.25, -0.2) is 25.0 Å². The first-order valence-corrected chi connectivity index (χ1v) is 19.5. The number of rotatable bonds is 21. The van der Waals surface area contributed by atoms with Crippen LogP contribution in [0.2, 0.25) is 0 Å². The molecule has 2 rings (SSSR count). The molecule has 6 atom stereocenters. The number of aliphatic hydroxyl groups excluding tert-OH is 1. The van der Waals surface area contributed by atoms with Crippen LogP contribution in [0.5, 0.6) is 0 Å². The van der Waals surface area contributed by atoms with Gasteiger partial charge in [-0.15, -0.1) is 0 Å². The third-order valence-corrected chi connectivity index (χ3v) is 8.64. The lowest BCUT2D eigenvalue weighted by molar-refractivity contribution is -0.136. The summed E-state index contributed by atoms with van der Waals surface area (Å²) in [5, 5.41) is 22.3. The van der Waals surface area contributed by atoms with Crippen molar-refractivity contribution in [1.82, 2.24) is 31.6 Å². The van der Waals surface area contributed by atoms with E-state index in [1.807, 2.05) is 24.5 Å². The van der Waals surface area contributed by atoms with E-state index >= 15 is 0 Å². The van der Waals surface area contributed by atoms with E-state index in [9.17, 15) is 33.9 Å². The molecule has 1 aromatic carbocycles. The van der Waals surface area contributed by atoms with Gasteiger partial charge in [-0.2, -0.15) is 0 Å². The zero-order chi connectivity index (χ0) is 49.3. The molecule has 0 bridgehead atoms. The zero-order valence-electron chi connectivity index (χ0n) is 34.4. The molecule has 0 saturated carbocycles. The highest BCUT2D eigenvalue weighted by Gasteiger charge is 2.37.